The normalized spacial score (nSPS) is 10.9. The Bertz CT molecular complexity index is 1270. The molecule has 0 unspecified atom stereocenters. The summed E-state index contributed by atoms with van der Waals surface area (Å²) in [5.74, 6) is 0.784. The molecule has 0 N–H and O–H groups in total. The first-order valence-electron chi connectivity index (χ1n) is 9.82. The molecular formula is C24H24N4O2. The largest absolute Gasteiger partial charge is 0.489 e. The van der Waals surface area contributed by atoms with Gasteiger partial charge >= 0.3 is 5.69 Å². The molecule has 0 amide bonds. The maximum absolute atomic E-state index is 12.3. The summed E-state index contributed by atoms with van der Waals surface area (Å²) in [6.07, 6.45) is 0. The third-order valence-electron chi connectivity index (χ3n) is 5.12. The van der Waals surface area contributed by atoms with Crippen molar-refractivity contribution >= 4 is 0 Å². The van der Waals surface area contributed by atoms with E-state index in [1.807, 2.05) is 37.3 Å². The van der Waals surface area contributed by atoms with Gasteiger partial charge in [-0.05, 0) is 71.7 Å². The van der Waals surface area contributed by atoms with Gasteiger partial charge in [-0.2, -0.15) is 9.36 Å². The van der Waals surface area contributed by atoms with Crippen molar-refractivity contribution in [2.45, 2.75) is 27.4 Å². The second kappa shape index (κ2) is 7.99. The molecule has 0 aliphatic carbocycles. The van der Waals surface area contributed by atoms with Crippen LogP contribution in [0.5, 0.6) is 5.75 Å². The predicted molar refractivity (Wildman–Crippen MR) is 117 cm³/mol. The second-order valence-electron chi connectivity index (χ2n) is 7.56. The number of nitrogens with zero attached hydrogens (tertiary/aromatic N) is 4. The number of tetrazole rings is 1. The molecule has 0 spiro atoms. The lowest BCUT2D eigenvalue weighted by Crippen LogP contribution is -2.23. The number of hydrogen-bond acceptors (Lipinski definition) is 4. The fourth-order valence-corrected chi connectivity index (χ4v) is 3.52. The Kier molecular flexibility index (Phi) is 5.23. The number of rotatable bonds is 5. The third-order valence-corrected chi connectivity index (χ3v) is 5.12. The van der Waals surface area contributed by atoms with Crippen LogP contribution in [0, 0.1) is 20.8 Å². The molecule has 1 heterocycles. The Morgan fingerprint density at radius 2 is 1.63 bits per heavy atom. The SMILES string of the molecule is Cc1cccc(-c2cc(C)cc(OCc3c(C)cccc3-n3nnn(C)c3=O)c2)c1. The van der Waals surface area contributed by atoms with Crippen molar-refractivity contribution in [2.75, 3.05) is 0 Å². The van der Waals surface area contributed by atoms with Crippen molar-refractivity contribution in [1.82, 2.24) is 19.8 Å². The van der Waals surface area contributed by atoms with E-state index in [-0.39, 0.29) is 5.69 Å². The highest BCUT2D eigenvalue weighted by Crippen LogP contribution is 2.28. The number of aromatic nitrogens is 4. The van der Waals surface area contributed by atoms with Gasteiger partial charge in [0.05, 0.1) is 5.69 Å². The highest BCUT2D eigenvalue weighted by atomic mass is 16.5. The van der Waals surface area contributed by atoms with E-state index in [0.29, 0.717) is 12.3 Å². The van der Waals surface area contributed by atoms with Crippen molar-refractivity contribution < 1.29 is 4.74 Å². The first-order valence-corrected chi connectivity index (χ1v) is 9.82. The summed E-state index contributed by atoms with van der Waals surface area (Å²) in [4.78, 5) is 12.3. The van der Waals surface area contributed by atoms with Gasteiger partial charge in [-0.25, -0.2) is 4.79 Å². The van der Waals surface area contributed by atoms with E-state index in [9.17, 15) is 4.79 Å². The van der Waals surface area contributed by atoms with Crippen molar-refractivity contribution in [3.8, 4) is 22.6 Å². The van der Waals surface area contributed by atoms with E-state index in [1.165, 1.54) is 14.9 Å². The monoisotopic (exact) mass is 400 g/mol. The van der Waals surface area contributed by atoms with Crippen LogP contribution in [-0.2, 0) is 13.7 Å². The van der Waals surface area contributed by atoms with Crippen molar-refractivity contribution in [3.05, 3.63) is 93.4 Å². The van der Waals surface area contributed by atoms with Gasteiger partial charge in [0.25, 0.3) is 0 Å². The Morgan fingerprint density at radius 1 is 0.867 bits per heavy atom. The molecule has 0 bridgehead atoms. The minimum Gasteiger partial charge on any atom is -0.489 e. The summed E-state index contributed by atoms with van der Waals surface area (Å²) in [5, 5.41) is 7.80. The molecule has 0 saturated heterocycles. The van der Waals surface area contributed by atoms with Gasteiger partial charge in [0, 0.05) is 12.6 Å². The molecule has 0 fully saturated rings. The van der Waals surface area contributed by atoms with Crippen LogP contribution in [0.2, 0.25) is 0 Å². The molecular weight excluding hydrogens is 376 g/mol. The summed E-state index contributed by atoms with van der Waals surface area (Å²) in [7, 11) is 1.58. The average molecular weight is 400 g/mol. The Balaban J connectivity index is 1.66. The molecule has 0 saturated carbocycles. The van der Waals surface area contributed by atoms with Crippen molar-refractivity contribution in [1.29, 1.82) is 0 Å². The molecule has 6 heteroatoms. The smallest absolute Gasteiger partial charge is 0.368 e. The van der Waals surface area contributed by atoms with Crippen LogP contribution in [0.15, 0.2) is 65.5 Å². The van der Waals surface area contributed by atoms with Crippen LogP contribution < -0.4 is 10.4 Å². The van der Waals surface area contributed by atoms with Gasteiger partial charge in [0.15, 0.2) is 0 Å². The Hall–Kier alpha value is -3.67. The predicted octanol–water partition coefficient (Wildman–Crippen LogP) is 4.14. The summed E-state index contributed by atoms with van der Waals surface area (Å²) >= 11 is 0. The molecule has 1 aromatic heterocycles. The second-order valence-corrected chi connectivity index (χ2v) is 7.56. The molecule has 4 aromatic rings. The van der Waals surface area contributed by atoms with Crippen molar-refractivity contribution in [2.24, 2.45) is 7.05 Å². The first-order chi connectivity index (χ1) is 14.4. The number of aryl methyl sites for hydroxylation is 4. The molecule has 0 radical (unpaired) electrons. The van der Waals surface area contributed by atoms with E-state index < -0.39 is 0 Å². The molecule has 6 nitrogen and oxygen atoms in total. The third kappa shape index (κ3) is 3.89. The molecule has 4 rings (SSSR count). The summed E-state index contributed by atoms with van der Waals surface area (Å²) in [6.45, 7) is 6.47. The quantitative estimate of drug-likeness (QED) is 0.505. The van der Waals surface area contributed by atoms with E-state index in [2.05, 4.69) is 54.6 Å². The highest BCUT2D eigenvalue weighted by Gasteiger charge is 2.14. The summed E-state index contributed by atoms with van der Waals surface area (Å²) in [6, 6.07) is 20.4. The lowest BCUT2D eigenvalue weighted by Gasteiger charge is -2.14. The van der Waals surface area contributed by atoms with E-state index in [1.54, 1.807) is 7.05 Å². The molecule has 0 aliphatic heterocycles. The van der Waals surface area contributed by atoms with E-state index >= 15 is 0 Å². The minimum atomic E-state index is -0.292. The van der Waals surface area contributed by atoms with Crippen LogP contribution in [-0.4, -0.2) is 19.8 Å². The first kappa shape index (κ1) is 19.6. The summed E-state index contributed by atoms with van der Waals surface area (Å²) < 4.78 is 8.70. The van der Waals surface area contributed by atoms with E-state index in [4.69, 9.17) is 4.74 Å². The highest BCUT2D eigenvalue weighted by molar-refractivity contribution is 5.66. The van der Waals surface area contributed by atoms with Crippen LogP contribution in [0.3, 0.4) is 0 Å². The molecule has 30 heavy (non-hydrogen) atoms. The van der Waals surface area contributed by atoms with Crippen molar-refractivity contribution in [3.63, 3.8) is 0 Å². The number of benzene rings is 3. The minimum absolute atomic E-state index is 0.292. The number of hydrogen-bond donors (Lipinski definition) is 0. The van der Waals surface area contributed by atoms with Gasteiger partial charge in [-0.1, -0.05) is 48.0 Å². The zero-order valence-electron chi connectivity index (χ0n) is 17.6. The topological polar surface area (TPSA) is 61.9 Å². The van der Waals surface area contributed by atoms with Gasteiger partial charge < -0.3 is 4.74 Å². The zero-order valence-corrected chi connectivity index (χ0v) is 17.6. The average Bonchev–Trinajstić information content (AvgIpc) is 3.05. The molecule has 3 aromatic carbocycles. The van der Waals surface area contributed by atoms with Gasteiger partial charge in [0.2, 0.25) is 0 Å². The van der Waals surface area contributed by atoms with Gasteiger partial charge in [-0.15, -0.1) is 0 Å². The lowest BCUT2D eigenvalue weighted by molar-refractivity contribution is 0.304. The number of ether oxygens (including phenoxy) is 1. The zero-order chi connectivity index (χ0) is 21.3. The van der Waals surface area contributed by atoms with Crippen LogP contribution >= 0.6 is 0 Å². The van der Waals surface area contributed by atoms with Crippen LogP contribution in [0.25, 0.3) is 16.8 Å². The fourth-order valence-electron chi connectivity index (χ4n) is 3.52. The molecule has 152 valence electrons. The van der Waals surface area contributed by atoms with Crippen LogP contribution in [0.4, 0.5) is 0 Å². The molecule has 0 atom stereocenters. The molecule has 0 aliphatic rings. The Labute approximate surface area is 175 Å². The standard InChI is InChI=1S/C24H24N4O2/c1-16-7-5-9-19(11-16)20-12-17(2)13-21(14-20)30-15-22-18(3)8-6-10-23(22)28-24(29)27(4)25-26-28/h5-14H,15H2,1-4H3. The lowest BCUT2D eigenvalue weighted by atomic mass is 10.0. The Morgan fingerprint density at radius 3 is 2.37 bits per heavy atom. The van der Waals surface area contributed by atoms with E-state index in [0.717, 1.165) is 33.6 Å². The van der Waals surface area contributed by atoms with Gasteiger partial charge in [-0.3, -0.25) is 0 Å². The maximum Gasteiger partial charge on any atom is 0.368 e. The fraction of sp³-hybridized carbons (Fsp3) is 0.208. The maximum atomic E-state index is 12.3. The summed E-state index contributed by atoms with van der Waals surface area (Å²) in [5.41, 5.74) is 6.93. The van der Waals surface area contributed by atoms with Crippen LogP contribution in [0.1, 0.15) is 22.3 Å². The van der Waals surface area contributed by atoms with Gasteiger partial charge in [0.1, 0.15) is 12.4 Å².